The van der Waals surface area contributed by atoms with Gasteiger partial charge in [-0.3, -0.25) is 4.79 Å². The maximum absolute atomic E-state index is 12.3. The van der Waals surface area contributed by atoms with Gasteiger partial charge in [-0.05, 0) is 17.7 Å². The SMILES string of the molecule is O=C1COc2ccc(C(O)C(F)(F)F)cc2N1. The number of ether oxygens (including phenoxy) is 1. The number of benzene rings is 1. The van der Waals surface area contributed by atoms with Crippen molar-refractivity contribution in [1.82, 2.24) is 0 Å². The Bertz CT molecular complexity index is 459. The highest BCUT2D eigenvalue weighted by atomic mass is 19.4. The number of aliphatic hydroxyl groups is 1. The molecule has 2 rings (SSSR count). The summed E-state index contributed by atoms with van der Waals surface area (Å²) in [7, 11) is 0. The molecular weight excluding hydrogens is 239 g/mol. The van der Waals surface area contributed by atoms with E-state index in [4.69, 9.17) is 9.84 Å². The molecule has 17 heavy (non-hydrogen) atoms. The zero-order valence-corrected chi connectivity index (χ0v) is 8.41. The number of carbonyl (C=O) groups is 1. The molecule has 0 bridgehead atoms. The normalized spacial score (nSPS) is 16.8. The summed E-state index contributed by atoms with van der Waals surface area (Å²) >= 11 is 0. The highest BCUT2D eigenvalue weighted by Gasteiger charge is 2.39. The lowest BCUT2D eigenvalue weighted by Crippen LogP contribution is -2.26. The molecule has 1 heterocycles. The van der Waals surface area contributed by atoms with Crippen molar-refractivity contribution in [2.45, 2.75) is 12.3 Å². The van der Waals surface area contributed by atoms with Crippen molar-refractivity contribution < 1.29 is 27.8 Å². The van der Waals surface area contributed by atoms with Gasteiger partial charge in [0.25, 0.3) is 5.91 Å². The van der Waals surface area contributed by atoms with E-state index in [0.29, 0.717) is 0 Å². The minimum absolute atomic E-state index is 0.127. The molecule has 0 fully saturated rings. The maximum Gasteiger partial charge on any atom is 0.418 e. The highest BCUT2D eigenvalue weighted by Crippen LogP contribution is 2.36. The standard InChI is InChI=1S/C10H8F3NO3/c11-10(12,13)9(16)5-1-2-7-6(3-5)14-8(15)4-17-7/h1-3,9,16H,4H2,(H,14,15). The van der Waals surface area contributed by atoms with Gasteiger partial charge in [-0.1, -0.05) is 6.07 Å². The van der Waals surface area contributed by atoms with Crippen LogP contribution >= 0.6 is 0 Å². The fraction of sp³-hybridized carbons (Fsp3) is 0.300. The van der Waals surface area contributed by atoms with Crippen molar-refractivity contribution in [3.05, 3.63) is 23.8 Å². The summed E-state index contributed by atoms with van der Waals surface area (Å²) < 4.78 is 41.8. The van der Waals surface area contributed by atoms with Crippen LogP contribution in [0.3, 0.4) is 0 Å². The van der Waals surface area contributed by atoms with Crippen LogP contribution in [0.15, 0.2) is 18.2 Å². The highest BCUT2D eigenvalue weighted by molar-refractivity contribution is 5.95. The first kappa shape index (κ1) is 11.7. The van der Waals surface area contributed by atoms with E-state index in [9.17, 15) is 18.0 Å². The molecule has 1 amide bonds. The predicted octanol–water partition coefficient (Wildman–Crippen LogP) is 1.61. The number of nitrogens with one attached hydrogen (secondary N) is 1. The Morgan fingerprint density at radius 3 is 2.76 bits per heavy atom. The summed E-state index contributed by atoms with van der Waals surface area (Å²) in [6.07, 6.45) is -7.32. The number of hydrogen-bond acceptors (Lipinski definition) is 3. The third kappa shape index (κ3) is 2.33. The summed E-state index contributed by atoms with van der Waals surface area (Å²) in [5.74, 6) is -0.168. The molecule has 92 valence electrons. The molecule has 0 radical (unpaired) electrons. The van der Waals surface area contributed by atoms with E-state index in [-0.39, 0.29) is 23.6 Å². The van der Waals surface area contributed by atoms with Crippen molar-refractivity contribution in [1.29, 1.82) is 0 Å². The van der Waals surface area contributed by atoms with E-state index in [2.05, 4.69) is 5.32 Å². The lowest BCUT2D eigenvalue weighted by atomic mass is 10.1. The van der Waals surface area contributed by atoms with Crippen molar-refractivity contribution >= 4 is 11.6 Å². The minimum Gasteiger partial charge on any atom is -0.482 e. The van der Waals surface area contributed by atoms with Gasteiger partial charge in [-0.2, -0.15) is 13.2 Å². The smallest absolute Gasteiger partial charge is 0.418 e. The Labute approximate surface area is 94.0 Å². The van der Waals surface area contributed by atoms with Crippen LogP contribution in [0.5, 0.6) is 5.75 Å². The third-order valence-corrected chi connectivity index (χ3v) is 2.26. The van der Waals surface area contributed by atoms with Gasteiger partial charge < -0.3 is 15.2 Å². The number of rotatable bonds is 1. The molecule has 0 spiro atoms. The first-order valence-corrected chi connectivity index (χ1v) is 4.69. The zero-order valence-electron chi connectivity index (χ0n) is 8.41. The monoisotopic (exact) mass is 247 g/mol. The predicted molar refractivity (Wildman–Crippen MR) is 51.6 cm³/mol. The number of halogens is 3. The zero-order chi connectivity index (χ0) is 12.6. The Morgan fingerprint density at radius 1 is 1.41 bits per heavy atom. The average Bonchev–Trinajstić information content (AvgIpc) is 2.25. The fourth-order valence-electron chi connectivity index (χ4n) is 1.46. The van der Waals surface area contributed by atoms with Crippen molar-refractivity contribution in [3.8, 4) is 5.75 Å². The van der Waals surface area contributed by atoms with E-state index in [1.54, 1.807) is 0 Å². The van der Waals surface area contributed by atoms with Crippen LogP contribution in [-0.2, 0) is 4.79 Å². The third-order valence-electron chi connectivity index (χ3n) is 2.26. The quantitative estimate of drug-likeness (QED) is 0.792. The van der Waals surface area contributed by atoms with Gasteiger partial charge in [-0.25, -0.2) is 0 Å². The molecule has 1 unspecified atom stereocenters. The topological polar surface area (TPSA) is 58.6 Å². The van der Waals surface area contributed by atoms with Crippen molar-refractivity contribution in [3.63, 3.8) is 0 Å². The number of carbonyl (C=O) groups excluding carboxylic acids is 1. The Hall–Kier alpha value is -1.76. The molecule has 1 aliphatic heterocycles. The van der Waals surface area contributed by atoms with Crippen LogP contribution < -0.4 is 10.1 Å². The summed E-state index contributed by atoms with van der Waals surface area (Å²) in [6.45, 7) is -0.172. The molecule has 1 aromatic carbocycles. The van der Waals surface area contributed by atoms with Gasteiger partial charge in [0.1, 0.15) is 5.75 Å². The van der Waals surface area contributed by atoms with Crippen molar-refractivity contribution in [2.75, 3.05) is 11.9 Å². The molecule has 1 aliphatic rings. The van der Waals surface area contributed by atoms with E-state index < -0.39 is 18.2 Å². The average molecular weight is 247 g/mol. The second-order valence-corrected chi connectivity index (χ2v) is 3.54. The first-order chi connectivity index (χ1) is 7.88. The van der Waals surface area contributed by atoms with Crippen molar-refractivity contribution in [2.24, 2.45) is 0 Å². The molecule has 1 aromatic rings. The lowest BCUT2D eigenvalue weighted by Gasteiger charge is -2.20. The van der Waals surface area contributed by atoms with Crippen LogP contribution in [-0.4, -0.2) is 23.8 Å². The van der Waals surface area contributed by atoms with Crippen LogP contribution in [0, 0.1) is 0 Å². The molecule has 0 aromatic heterocycles. The van der Waals surface area contributed by atoms with Gasteiger partial charge in [-0.15, -0.1) is 0 Å². The van der Waals surface area contributed by atoms with Crippen LogP contribution in [0.2, 0.25) is 0 Å². The Morgan fingerprint density at radius 2 is 2.12 bits per heavy atom. The Kier molecular flexibility index (Phi) is 2.70. The largest absolute Gasteiger partial charge is 0.482 e. The van der Waals surface area contributed by atoms with Gasteiger partial charge in [0, 0.05) is 0 Å². The van der Waals surface area contributed by atoms with E-state index in [1.807, 2.05) is 0 Å². The summed E-state index contributed by atoms with van der Waals surface area (Å²) in [5, 5.41) is 11.4. The van der Waals surface area contributed by atoms with Crippen LogP contribution in [0.1, 0.15) is 11.7 Å². The fourth-order valence-corrected chi connectivity index (χ4v) is 1.46. The lowest BCUT2D eigenvalue weighted by molar-refractivity contribution is -0.206. The summed E-state index contributed by atoms with van der Waals surface area (Å²) in [5.41, 5.74) is -0.218. The molecule has 0 saturated heterocycles. The number of alkyl halides is 3. The minimum atomic E-state index is -4.74. The maximum atomic E-state index is 12.3. The molecule has 7 heteroatoms. The molecule has 4 nitrogen and oxygen atoms in total. The van der Waals surface area contributed by atoms with E-state index >= 15 is 0 Å². The van der Waals surface area contributed by atoms with Gasteiger partial charge >= 0.3 is 6.18 Å². The first-order valence-electron chi connectivity index (χ1n) is 4.69. The van der Waals surface area contributed by atoms with Gasteiger partial charge in [0.05, 0.1) is 5.69 Å². The number of hydrogen-bond donors (Lipinski definition) is 2. The Balaban J connectivity index is 2.33. The second-order valence-electron chi connectivity index (χ2n) is 3.54. The van der Waals surface area contributed by atoms with Crippen LogP contribution in [0.25, 0.3) is 0 Å². The summed E-state index contributed by atoms with van der Waals surface area (Å²) in [4.78, 5) is 11.0. The van der Waals surface area contributed by atoms with Gasteiger partial charge in [0.15, 0.2) is 12.7 Å². The molecule has 0 saturated carbocycles. The van der Waals surface area contributed by atoms with Crippen LogP contribution in [0.4, 0.5) is 18.9 Å². The number of aliphatic hydroxyl groups excluding tert-OH is 1. The number of fused-ring (bicyclic) bond motifs is 1. The number of amides is 1. The second kappa shape index (κ2) is 3.92. The molecule has 1 atom stereocenters. The number of anilines is 1. The van der Waals surface area contributed by atoms with E-state index in [1.165, 1.54) is 6.07 Å². The van der Waals surface area contributed by atoms with E-state index in [0.717, 1.165) is 12.1 Å². The van der Waals surface area contributed by atoms with Gasteiger partial charge in [0.2, 0.25) is 0 Å². The molecule has 0 aliphatic carbocycles. The molecule has 2 N–H and O–H groups in total. The summed E-state index contributed by atoms with van der Waals surface area (Å²) in [6, 6.07) is 3.43. The molecular formula is C10H8F3NO3.